The van der Waals surface area contributed by atoms with Crippen molar-refractivity contribution in [2.75, 3.05) is 60.5 Å². The highest BCUT2D eigenvalue weighted by Crippen LogP contribution is 2.36. The Morgan fingerprint density at radius 2 is 1.66 bits per heavy atom. The molecule has 2 aromatic heterocycles. The van der Waals surface area contributed by atoms with Gasteiger partial charge >= 0.3 is 12.3 Å². The van der Waals surface area contributed by atoms with Gasteiger partial charge in [0.2, 0.25) is 11.9 Å². The quantitative estimate of drug-likeness (QED) is 0.359. The molecule has 1 aromatic carbocycles. The average molecular weight is 636 g/mol. The summed E-state index contributed by atoms with van der Waals surface area (Å²) in [6, 6.07) is 8.03. The van der Waals surface area contributed by atoms with Crippen molar-refractivity contribution in [3.63, 3.8) is 0 Å². The van der Waals surface area contributed by atoms with Crippen LogP contribution in [-0.2, 0) is 15.7 Å². The molecule has 0 aliphatic carbocycles. The van der Waals surface area contributed by atoms with E-state index in [-0.39, 0.29) is 49.5 Å². The minimum Gasteiger partial charge on any atom is -0.444 e. The Balaban J connectivity index is 1.41. The minimum atomic E-state index is -4.55. The summed E-state index contributed by atoms with van der Waals surface area (Å²) in [4.78, 5) is 45.1. The number of anilines is 3. The molecular formula is C29H30ClF4N7O3. The molecule has 0 saturated carbocycles. The first-order valence-electron chi connectivity index (χ1n) is 13.8. The van der Waals surface area contributed by atoms with Gasteiger partial charge in [0.05, 0.1) is 16.3 Å². The maximum Gasteiger partial charge on any atom is 0.419 e. The van der Waals surface area contributed by atoms with Crippen molar-refractivity contribution in [2.45, 2.75) is 32.5 Å². The summed E-state index contributed by atoms with van der Waals surface area (Å²) in [6.07, 6.45) is -3.83. The van der Waals surface area contributed by atoms with Crippen molar-refractivity contribution in [1.29, 1.82) is 0 Å². The smallest absolute Gasteiger partial charge is 0.419 e. The first-order chi connectivity index (χ1) is 20.7. The minimum absolute atomic E-state index is 0.0679. The van der Waals surface area contributed by atoms with Crippen molar-refractivity contribution in [2.24, 2.45) is 0 Å². The van der Waals surface area contributed by atoms with Crippen LogP contribution in [0.2, 0.25) is 5.02 Å². The van der Waals surface area contributed by atoms with Crippen LogP contribution in [0.15, 0.2) is 42.6 Å². The molecule has 5 rings (SSSR count). The number of pyridine rings is 1. The predicted octanol–water partition coefficient (Wildman–Crippen LogP) is 5.26. The number of rotatable bonds is 4. The lowest BCUT2D eigenvalue weighted by molar-refractivity contribution is -0.137. The van der Waals surface area contributed by atoms with Gasteiger partial charge in [0.1, 0.15) is 29.6 Å². The molecule has 234 valence electrons. The summed E-state index contributed by atoms with van der Waals surface area (Å²) < 4.78 is 60.2. The molecule has 0 radical (unpaired) electrons. The van der Waals surface area contributed by atoms with Crippen LogP contribution in [-0.4, -0.2) is 83.3 Å². The number of amides is 2. The molecular weight excluding hydrogens is 606 g/mol. The monoisotopic (exact) mass is 635 g/mol. The fourth-order valence-corrected chi connectivity index (χ4v) is 5.07. The zero-order valence-electron chi connectivity index (χ0n) is 24.2. The number of hydrogen-bond donors (Lipinski definition) is 0. The number of carbonyl (C=O) groups excluding carboxylic acids is 2. The number of carbonyl (C=O) groups is 2. The molecule has 44 heavy (non-hydrogen) atoms. The van der Waals surface area contributed by atoms with Gasteiger partial charge in [0.15, 0.2) is 0 Å². The maximum atomic E-state index is 13.9. The van der Waals surface area contributed by atoms with Crippen molar-refractivity contribution in [1.82, 2.24) is 19.9 Å². The van der Waals surface area contributed by atoms with Gasteiger partial charge < -0.3 is 14.5 Å². The highest BCUT2D eigenvalue weighted by Gasteiger charge is 2.37. The second-order valence-electron chi connectivity index (χ2n) is 11.3. The van der Waals surface area contributed by atoms with Crippen LogP contribution in [0.25, 0.3) is 11.3 Å². The molecule has 2 saturated heterocycles. The summed E-state index contributed by atoms with van der Waals surface area (Å²) in [6.45, 7) is 6.28. The van der Waals surface area contributed by atoms with Gasteiger partial charge in [0, 0.05) is 57.1 Å². The Kier molecular flexibility index (Phi) is 8.56. The van der Waals surface area contributed by atoms with Crippen LogP contribution in [0.1, 0.15) is 26.3 Å². The van der Waals surface area contributed by atoms with Crippen LogP contribution in [0.3, 0.4) is 0 Å². The van der Waals surface area contributed by atoms with Gasteiger partial charge in [-0.3, -0.25) is 14.6 Å². The molecule has 2 fully saturated rings. The van der Waals surface area contributed by atoms with E-state index in [9.17, 15) is 27.2 Å². The van der Waals surface area contributed by atoms with E-state index in [4.69, 9.17) is 16.3 Å². The van der Waals surface area contributed by atoms with Crippen LogP contribution < -0.4 is 14.7 Å². The molecule has 0 unspecified atom stereocenters. The Morgan fingerprint density at radius 3 is 2.30 bits per heavy atom. The molecule has 10 nitrogen and oxygen atoms in total. The number of aromatic nitrogens is 3. The fraction of sp³-hybridized carbons (Fsp3) is 0.414. The second kappa shape index (κ2) is 12.1. The number of piperazine rings is 2. The van der Waals surface area contributed by atoms with E-state index in [1.165, 1.54) is 40.3 Å². The highest BCUT2D eigenvalue weighted by molar-refractivity contribution is 6.31. The molecule has 3 aromatic rings. The lowest BCUT2D eigenvalue weighted by Gasteiger charge is -2.37. The van der Waals surface area contributed by atoms with E-state index in [1.54, 1.807) is 31.7 Å². The topological polar surface area (TPSA) is 95.0 Å². The standard InChI is InChI=1S/C29H30ClF4N7O3/c1-28(2,3)44-27(43)40-13-14-41(24(42)17-40)26-36-22(18-6-7-21(31)20(30)15-18)16-23(37-26)38-9-11-39(12-10-38)25-19(29(32,33)34)5-4-8-35-25/h4-8,15-16H,9-14,17H2,1-3H3. The van der Waals surface area contributed by atoms with E-state index in [0.29, 0.717) is 30.2 Å². The summed E-state index contributed by atoms with van der Waals surface area (Å²) in [5.41, 5.74) is -0.698. The van der Waals surface area contributed by atoms with Gasteiger partial charge in [0.25, 0.3) is 0 Å². The van der Waals surface area contributed by atoms with E-state index >= 15 is 0 Å². The average Bonchev–Trinajstić information content (AvgIpc) is 2.97. The molecule has 0 spiro atoms. The Morgan fingerprint density at radius 1 is 0.955 bits per heavy atom. The third-order valence-corrected chi connectivity index (χ3v) is 7.31. The maximum absolute atomic E-state index is 13.9. The molecule has 0 N–H and O–H groups in total. The number of nitrogens with zero attached hydrogens (tertiary/aromatic N) is 7. The summed E-state index contributed by atoms with van der Waals surface area (Å²) in [5, 5.41) is -0.115. The Bertz CT molecular complexity index is 1560. The largest absolute Gasteiger partial charge is 0.444 e. The summed E-state index contributed by atoms with van der Waals surface area (Å²) in [5.74, 6) is -0.690. The number of alkyl halides is 3. The Hall–Kier alpha value is -4.20. The zero-order valence-corrected chi connectivity index (χ0v) is 25.0. The zero-order chi connectivity index (χ0) is 31.8. The van der Waals surface area contributed by atoms with Crippen molar-refractivity contribution in [3.05, 3.63) is 59.0 Å². The third kappa shape index (κ3) is 6.95. The predicted molar refractivity (Wildman–Crippen MR) is 156 cm³/mol. The molecule has 2 aliphatic rings. The van der Waals surface area contributed by atoms with Crippen LogP contribution in [0.4, 0.5) is 39.9 Å². The van der Waals surface area contributed by atoms with E-state index in [0.717, 1.165) is 6.07 Å². The van der Waals surface area contributed by atoms with Gasteiger partial charge in [-0.25, -0.2) is 19.2 Å². The normalized spacial score (nSPS) is 16.4. The van der Waals surface area contributed by atoms with Crippen LogP contribution in [0, 0.1) is 5.82 Å². The Labute approximate surface area is 256 Å². The third-order valence-electron chi connectivity index (χ3n) is 7.03. The lowest BCUT2D eigenvalue weighted by Crippen LogP contribution is -2.54. The number of hydrogen-bond acceptors (Lipinski definition) is 8. The van der Waals surface area contributed by atoms with Gasteiger partial charge in [-0.15, -0.1) is 0 Å². The van der Waals surface area contributed by atoms with Gasteiger partial charge in [-0.05, 0) is 51.1 Å². The van der Waals surface area contributed by atoms with Crippen molar-refractivity contribution in [3.8, 4) is 11.3 Å². The number of halogens is 5. The van der Waals surface area contributed by atoms with Crippen LogP contribution in [0.5, 0.6) is 0 Å². The first-order valence-corrected chi connectivity index (χ1v) is 14.2. The molecule has 0 atom stereocenters. The van der Waals surface area contributed by atoms with Crippen molar-refractivity contribution < 1.29 is 31.9 Å². The highest BCUT2D eigenvalue weighted by atomic mass is 35.5. The van der Waals surface area contributed by atoms with E-state index in [1.807, 2.05) is 4.90 Å². The molecule has 2 aliphatic heterocycles. The SMILES string of the molecule is CC(C)(C)OC(=O)N1CCN(c2nc(-c3ccc(F)c(Cl)c3)cc(N3CCN(c4ncccc4C(F)(F)F)CC3)n2)C(=O)C1. The first kappa shape index (κ1) is 31.2. The van der Waals surface area contributed by atoms with Crippen molar-refractivity contribution >= 4 is 41.2 Å². The fourth-order valence-electron chi connectivity index (χ4n) is 4.89. The number of ether oxygens (including phenoxy) is 1. The number of benzene rings is 1. The second-order valence-corrected chi connectivity index (χ2v) is 11.7. The molecule has 15 heteroatoms. The molecule has 2 amide bonds. The summed E-state index contributed by atoms with van der Waals surface area (Å²) >= 11 is 6.04. The van der Waals surface area contributed by atoms with E-state index < -0.39 is 35.2 Å². The summed E-state index contributed by atoms with van der Waals surface area (Å²) in [7, 11) is 0. The molecule has 4 heterocycles. The van der Waals surface area contributed by atoms with Gasteiger partial charge in [-0.1, -0.05) is 11.6 Å². The lowest BCUT2D eigenvalue weighted by atomic mass is 10.1. The molecule has 0 bridgehead atoms. The van der Waals surface area contributed by atoms with E-state index in [2.05, 4.69) is 15.0 Å². The van der Waals surface area contributed by atoms with Gasteiger partial charge in [-0.2, -0.15) is 18.2 Å². The van der Waals surface area contributed by atoms with Crippen LogP contribution >= 0.6 is 11.6 Å².